The Morgan fingerprint density at radius 2 is 2.17 bits per heavy atom. The van der Waals surface area contributed by atoms with Crippen LogP contribution in [0.15, 0.2) is 24.3 Å². The molecule has 1 atom stereocenters. The molecule has 0 radical (unpaired) electrons. The molecular formula is C23H32FN5O. The van der Waals surface area contributed by atoms with Gasteiger partial charge in [0.05, 0.1) is 12.2 Å². The number of aryl methyl sites for hydroxylation is 2. The predicted molar refractivity (Wildman–Crippen MR) is 117 cm³/mol. The number of hydrogen-bond donors (Lipinski definition) is 2. The number of carbonyl (C=O) groups excluding carboxylic acids is 1. The molecule has 0 spiro atoms. The SMILES string of the molecule is CNc1cc(C2CCCNC2)nc(CN(C)C(=O)CCCc2ccc(F)c(C)c2)n1. The largest absolute Gasteiger partial charge is 0.373 e. The van der Waals surface area contributed by atoms with E-state index in [1.54, 1.807) is 24.9 Å². The lowest BCUT2D eigenvalue weighted by atomic mass is 9.96. The Hall–Kier alpha value is -2.54. The minimum absolute atomic E-state index is 0.0631. The highest BCUT2D eigenvalue weighted by Crippen LogP contribution is 2.23. The van der Waals surface area contributed by atoms with Gasteiger partial charge in [0.15, 0.2) is 0 Å². The van der Waals surface area contributed by atoms with Crippen molar-refractivity contribution >= 4 is 11.7 Å². The van der Waals surface area contributed by atoms with Crippen LogP contribution in [0.4, 0.5) is 10.2 Å². The van der Waals surface area contributed by atoms with Gasteiger partial charge in [-0.05, 0) is 56.3 Å². The third-order valence-electron chi connectivity index (χ3n) is 5.65. The van der Waals surface area contributed by atoms with Gasteiger partial charge in [0, 0.05) is 39.0 Å². The summed E-state index contributed by atoms with van der Waals surface area (Å²) in [4.78, 5) is 23.6. The Morgan fingerprint density at radius 1 is 1.33 bits per heavy atom. The fraction of sp³-hybridized carbons (Fsp3) is 0.522. The molecular weight excluding hydrogens is 381 g/mol. The van der Waals surface area contributed by atoms with E-state index in [2.05, 4.69) is 15.6 Å². The van der Waals surface area contributed by atoms with Gasteiger partial charge in [-0.3, -0.25) is 4.79 Å². The Morgan fingerprint density at radius 3 is 2.87 bits per heavy atom. The maximum atomic E-state index is 13.4. The normalized spacial score (nSPS) is 16.3. The second kappa shape index (κ2) is 10.5. The number of amides is 1. The first-order chi connectivity index (χ1) is 14.5. The second-order valence-corrected chi connectivity index (χ2v) is 8.07. The number of piperidine rings is 1. The van der Waals surface area contributed by atoms with Crippen LogP contribution >= 0.6 is 0 Å². The van der Waals surface area contributed by atoms with Gasteiger partial charge in [-0.1, -0.05) is 12.1 Å². The molecule has 0 aliphatic carbocycles. The van der Waals surface area contributed by atoms with Gasteiger partial charge < -0.3 is 15.5 Å². The zero-order chi connectivity index (χ0) is 21.5. The van der Waals surface area contributed by atoms with Crippen LogP contribution < -0.4 is 10.6 Å². The summed E-state index contributed by atoms with van der Waals surface area (Å²) in [6.45, 7) is 4.13. The average Bonchev–Trinajstić information content (AvgIpc) is 2.76. The third-order valence-corrected chi connectivity index (χ3v) is 5.65. The molecule has 3 rings (SSSR count). The summed E-state index contributed by atoms with van der Waals surface area (Å²) in [5, 5.41) is 6.53. The van der Waals surface area contributed by atoms with Crippen molar-refractivity contribution in [1.82, 2.24) is 20.2 Å². The molecule has 2 N–H and O–H groups in total. The van der Waals surface area contributed by atoms with Crippen molar-refractivity contribution < 1.29 is 9.18 Å². The molecule has 1 aromatic carbocycles. The van der Waals surface area contributed by atoms with Crippen LogP contribution in [-0.4, -0.2) is 48.0 Å². The third kappa shape index (κ3) is 5.98. The number of rotatable bonds is 8. The van der Waals surface area contributed by atoms with Gasteiger partial charge >= 0.3 is 0 Å². The zero-order valence-corrected chi connectivity index (χ0v) is 18.2. The van der Waals surface area contributed by atoms with E-state index in [9.17, 15) is 9.18 Å². The van der Waals surface area contributed by atoms with Crippen molar-refractivity contribution in [3.63, 3.8) is 0 Å². The topological polar surface area (TPSA) is 70.2 Å². The van der Waals surface area contributed by atoms with Gasteiger partial charge in [-0.15, -0.1) is 0 Å². The lowest BCUT2D eigenvalue weighted by Crippen LogP contribution is -2.30. The highest BCUT2D eigenvalue weighted by molar-refractivity contribution is 5.75. The van der Waals surface area contributed by atoms with Crippen LogP contribution in [0.3, 0.4) is 0 Å². The van der Waals surface area contributed by atoms with E-state index >= 15 is 0 Å². The molecule has 6 nitrogen and oxygen atoms in total. The molecule has 7 heteroatoms. The van der Waals surface area contributed by atoms with E-state index in [-0.39, 0.29) is 11.7 Å². The predicted octanol–water partition coefficient (Wildman–Crippen LogP) is 3.41. The Balaban J connectivity index is 1.56. The number of nitrogens with one attached hydrogen (secondary N) is 2. The summed E-state index contributed by atoms with van der Waals surface area (Å²) in [5.41, 5.74) is 2.73. The Labute approximate surface area is 178 Å². The first-order valence-electron chi connectivity index (χ1n) is 10.7. The number of benzene rings is 1. The van der Waals surface area contributed by atoms with Gasteiger partial charge in [0.2, 0.25) is 5.91 Å². The van der Waals surface area contributed by atoms with Crippen molar-refractivity contribution in [2.75, 3.05) is 32.5 Å². The van der Waals surface area contributed by atoms with Crippen LogP contribution in [0, 0.1) is 12.7 Å². The highest BCUT2D eigenvalue weighted by atomic mass is 19.1. The number of nitrogens with zero attached hydrogens (tertiary/aromatic N) is 3. The zero-order valence-electron chi connectivity index (χ0n) is 18.2. The molecule has 1 aliphatic heterocycles. The van der Waals surface area contributed by atoms with E-state index in [1.165, 1.54) is 6.07 Å². The summed E-state index contributed by atoms with van der Waals surface area (Å²) in [6.07, 6.45) is 4.18. The minimum atomic E-state index is -0.193. The standard InChI is InChI=1S/C23H32FN5O/c1-16-12-17(9-10-19(16)24)6-4-8-23(30)29(3)15-22-27-20(13-21(25-2)28-22)18-7-5-11-26-14-18/h9-10,12-13,18,26H,4-8,11,14-15H2,1-3H3,(H,25,27,28). The number of hydrogen-bond acceptors (Lipinski definition) is 5. The highest BCUT2D eigenvalue weighted by Gasteiger charge is 2.19. The molecule has 2 aromatic rings. The molecule has 162 valence electrons. The smallest absolute Gasteiger partial charge is 0.222 e. The first kappa shape index (κ1) is 22.2. The quantitative estimate of drug-likeness (QED) is 0.694. The van der Waals surface area contributed by atoms with E-state index in [0.717, 1.165) is 55.8 Å². The van der Waals surface area contributed by atoms with Gasteiger partial charge in [-0.2, -0.15) is 0 Å². The van der Waals surface area contributed by atoms with Crippen LogP contribution in [0.2, 0.25) is 0 Å². The summed E-state index contributed by atoms with van der Waals surface area (Å²) < 4.78 is 13.4. The maximum absolute atomic E-state index is 13.4. The molecule has 1 aliphatic rings. The van der Waals surface area contributed by atoms with Crippen molar-refractivity contribution in [2.45, 2.75) is 51.5 Å². The number of aromatic nitrogens is 2. The molecule has 1 saturated heterocycles. The fourth-order valence-corrected chi connectivity index (χ4v) is 3.83. The second-order valence-electron chi connectivity index (χ2n) is 8.07. The van der Waals surface area contributed by atoms with Crippen molar-refractivity contribution in [3.05, 3.63) is 52.7 Å². The van der Waals surface area contributed by atoms with E-state index in [1.807, 2.05) is 19.2 Å². The lowest BCUT2D eigenvalue weighted by molar-refractivity contribution is -0.130. The van der Waals surface area contributed by atoms with Crippen LogP contribution in [0.25, 0.3) is 0 Å². The Bertz CT molecular complexity index is 867. The maximum Gasteiger partial charge on any atom is 0.222 e. The number of carbonyl (C=O) groups is 1. The van der Waals surface area contributed by atoms with Gasteiger partial charge in [0.25, 0.3) is 0 Å². The first-order valence-corrected chi connectivity index (χ1v) is 10.7. The van der Waals surface area contributed by atoms with Crippen molar-refractivity contribution in [2.24, 2.45) is 0 Å². The number of anilines is 1. The molecule has 1 fully saturated rings. The molecule has 1 amide bonds. The van der Waals surface area contributed by atoms with E-state index < -0.39 is 0 Å². The molecule has 0 bridgehead atoms. The fourth-order valence-electron chi connectivity index (χ4n) is 3.83. The Kier molecular flexibility index (Phi) is 7.74. The molecule has 2 heterocycles. The van der Waals surface area contributed by atoms with Crippen LogP contribution in [0.5, 0.6) is 0 Å². The molecule has 1 unspecified atom stereocenters. The average molecular weight is 414 g/mol. The summed E-state index contributed by atoms with van der Waals surface area (Å²) in [5.74, 6) is 1.70. The van der Waals surface area contributed by atoms with Gasteiger partial charge in [-0.25, -0.2) is 14.4 Å². The molecule has 0 saturated carbocycles. The molecule has 1 aromatic heterocycles. The monoisotopic (exact) mass is 413 g/mol. The lowest BCUT2D eigenvalue weighted by Gasteiger charge is -2.23. The molecule has 30 heavy (non-hydrogen) atoms. The number of halogens is 1. The van der Waals surface area contributed by atoms with Crippen molar-refractivity contribution in [1.29, 1.82) is 0 Å². The van der Waals surface area contributed by atoms with Crippen LogP contribution in [0.1, 0.15) is 54.2 Å². The van der Waals surface area contributed by atoms with Crippen molar-refractivity contribution in [3.8, 4) is 0 Å². The summed E-state index contributed by atoms with van der Waals surface area (Å²) in [7, 11) is 3.64. The minimum Gasteiger partial charge on any atom is -0.373 e. The summed E-state index contributed by atoms with van der Waals surface area (Å²) in [6, 6.07) is 7.13. The van der Waals surface area contributed by atoms with E-state index in [0.29, 0.717) is 30.3 Å². The summed E-state index contributed by atoms with van der Waals surface area (Å²) >= 11 is 0. The van der Waals surface area contributed by atoms with E-state index in [4.69, 9.17) is 4.98 Å². The van der Waals surface area contributed by atoms with Gasteiger partial charge in [0.1, 0.15) is 17.5 Å². The van der Waals surface area contributed by atoms with Crippen LogP contribution in [-0.2, 0) is 17.8 Å².